The van der Waals surface area contributed by atoms with Crippen LogP contribution >= 0.6 is 0 Å². The molecule has 3 amide bonds. The molecule has 9 heteroatoms. The Bertz CT molecular complexity index is 495. The van der Waals surface area contributed by atoms with E-state index in [0.717, 1.165) is 0 Å². The Morgan fingerprint density at radius 1 is 1.04 bits per heavy atom. The molecule has 0 aromatic heterocycles. The summed E-state index contributed by atoms with van der Waals surface area (Å²) in [5.74, 6) is -3.32. The third-order valence-electron chi connectivity index (χ3n) is 3.87. The quantitative estimate of drug-likeness (QED) is 0.329. The highest BCUT2D eigenvalue weighted by Crippen LogP contribution is 2.11. The third-order valence-corrected chi connectivity index (χ3v) is 3.87. The molecule has 0 aromatic carbocycles. The lowest BCUT2D eigenvalue weighted by molar-refractivity contribution is -0.143. The average molecular weight is 358 g/mol. The number of hydrogen-bond donors (Lipinski definition) is 5. The first-order valence-corrected chi connectivity index (χ1v) is 8.36. The summed E-state index contributed by atoms with van der Waals surface area (Å²) in [5.41, 5.74) is 10.6. The van der Waals surface area contributed by atoms with E-state index in [-0.39, 0.29) is 24.7 Å². The minimum Gasteiger partial charge on any atom is -0.480 e. The molecule has 0 aliphatic rings. The van der Waals surface area contributed by atoms with Crippen molar-refractivity contribution in [3.63, 3.8) is 0 Å². The van der Waals surface area contributed by atoms with Crippen LogP contribution in [0.1, 0.15) is 47.0 Å². The summed E-state index contributed by atoms with van der Waals surface area (Å²) < 4.78 is 0. The van der Waals surface area contributed by atoms with Gasteiger partial charge < -0.3 is 27.2 Å². The molecule has 0 heterocycles. The van der Waals surface area contributed by atoms with Crippen molar-refractivity contribution in [1.29, 1.82) is 0 Å². The van der Waals surface area contributed by atoms with Gasteiger partial charge in [-0.25, -0.2) is 4.79 Å². The molecule has 0 fully saturated rings. The fraction of sp³-hybridized carbons (Fsp3) is 0.750. The molecule has 0 radical (unpaired) electrons. The van der Waals surface area contributed by atoms with Gasteiger partial charge in [-0.05, 0) is 18.3 Å². The molecule has 4 unspecified atom stereocenters. The topological polar surface area (TPSA) is 165 Å². The zero-order valence-electron chi connectivity index (χ0n) is 15.2. The molecule has 0 aliphatic heterocycles. The lowest BCUT2D eigenvalue weighted by Crippen LogP contribution is -2.57. The van der Waals surface area contributed by atoms with Crippen LogP contribution in [0.5, 0.6) is 0 Å². The van der Waals surface area contributed by atoms with Crippen molar-refractivity contribution >= 4 is 23.7 Å². The first kappa shape index (κ1) is 22.8. The SMILES string of the molecule is CCC(C)C(NC(=O)C(N)CC(N)=O)C(=O)NC(CC(C)C)C(=O)O. The second-order valence-electron chi connectivity index (χ2n) is 6.68. The van der Waals surface area contributed by atoms with Gasteiger partial charge in [0.1, 0.15) is 12.1 Å². The van der Waals surface area contributed by atoms with E-state index in [2.05, 4.69) is 10.6 Å². The summed E-state index contributed by atoms with van der Waals surface area (Å²) in [6.45, 7) is 7.28. The summed E-state index contributed by atoms with van der Waals surface area (Å²) in [4.78, 5) is 46.7. The Labute approximate surface area is 147 Å². The van der Waals surface area contributed by atoms with Crippen LogP contribution < -0.4 is 22.1 Å². The van der Waals surface area contributed by atoms with Crippen LogP contribution in [0.4, 0.5) is 0 Å². The minimum absolute atomic E-state index is 0.0713. The number of amides is 3. The number of carboxylic acids is 1. The highest BCUT2D eigenvalue weighted by Gasteiger charge is 2.31. The van der Waals surface area contributed by atoms with Crippen molar-refractivity contribution in [1.82, 2.24) is 10.6 Å². The molecule has 9 nitrogen and oxygen atoms in total. The number of nitrogens with one attached hydrogen (secondary N) is 2. The van der Waals surface area contributed by atoms with E-state index in [1.54, 1.807) is 6.92 Å². The van der Waals surface area contributed by atoms with Gasteiger partial charge in [0.05, 0.1) is 12.5 Å². The van der Waals surface area contributed by atoms with E-state index in [9.17, 15) is 24.3 Å². The van der Waals surface area contributed by atoms with Crippen LogP contribution in [-0.2, 0) is 19.2 Å². The van der Waals surface area contributed by atoms with Crippen LogP contribution in [-0.4, -0.2) is 46.9 Å². The fourth-order valence-electron chi connectivity index (χ4n) is 2.23. The van der Waals surface area contributed by atoms with E-state index in [0.29, 0.717) is 6.42 Å². The van der Waals surface area contributed by atoms with E-state index >= 15 is 0 Å². The van der Waals surface area contributed by atoms with Gasteiger partial charge in [0, 0.05) is 0 Å². The highest BCUT2D eigenvalue weighted by molar-refractivity contribution is 5.93. The van der Waals surface area contributed by atoms with E-state index < -0.39 is 41.8 Å². The number of primary amides is 1. The van der Waals surface area contributed by atoms with Crippen LogP contribution in [0.3, 0.4) is 0 Å². The molecule has 25 heavy (non-hydrogen) atoms. The Morgan fingerprint density at radius 3 is 2.00 bits per heavy atom. The van der Waals surface area contributed by atoms with Crippen molar-refractivity contribution in [2.24, 2.45) is 23.3 Å². The van der Waals surface area contributed by atoms with Crippen molar-refractivity contribution in [3.8, 4) is 0 Å². The number of hydrogen-bond acceptors (Lipinski definition) is 5. The number of carbonyl (C=O) groups excluding carboxylic acids is 3. The van der Waals surface area contributed by atoms with Crippen LogP contribution in [0.25, 0.3) is 0 Å². The van der Waals surface area contributed by atoms with Crippen LogP contribution in [0, 0.1) is 11.8 Å². The normalized spacial score (nSPS) is 15.8. The first-order valence-electron chi connectivity index (χ1n) is 8.36. The zero-order chi connectivity index (χ0) is 19.7. The number of rotatable bonds is 11. The molecular weight excluding hydrogens is 328 g/mol. The van der Waals surface area contributed by atoms with Gasteiger partial charge in [-0.15, -0.1) is 0 Å². The van der Waals surface area contributed by atoms with Crippen LogP contribution in [0.2, 0.25) is 0 Å². The van der Waals surface area contributed by atoms with Gasteiger partial charge in [0.25, 0.3) is 0 Å². The summed E-state index contributed by atoms with van der Waals surface area (Å²) in [6.07, 6.45) is 0.501. The van der Waals surface area contributed by atoms with E-state index in [4.69, 9.17) is 11.5 Å². The molecule has 0 saturated heterocycles. The predicted molar refractivity (Wildman–Crippen MR) is 92.2 cm³/mol. The Balaban J connectivity index is 5.12. The van der Waals surface area contributed by atoms with Gasteiger partial charge in [0.2, 0.25) is 17.7 Å². The molecule has 0 spiro atoms. The summed E-state index contributed by atoms with van der Waals surface area (Å²) in [7, 11) is 0. The molecule has 0 bridgehead atoms. The largest absolute Gasteiger partial charge is 0.480 e. The highest BCUT2D eigenvalue weighted by atomic mass is 16.4. The number of nitrogens with two attached hydrogens (primary N) is 2. The Kier molecular flexibility index (Phi) is 9.73. The molecule has 0 rings (SSSR count). The minimum atomic E-state index is -1.16. The maximum absolute atomic E-state index is 12.5. The maximum atomic E-state index is 12.5. The van der Waals surface area contributed by atoms with Crippen LogP contribution in [0.15, 0.2) is 0 Å². The number of carbonyl (C=O) groups is 4. The number of aliphatic carboxylic acids is 1. The van der Waals surface area contributed by atoms with Gasteiger partial charge in [-0.3, -0.25) is 14.4 Å². The smallest absolute Gasteiger partial charge is 0.326 e. The van der Waals surface area contributed by atoms with Gasteiger partial charge in [0.15, 0.2) is 0 Å². The standard InChI is InChI=1S/C16H30N4O5/c1-5-9(4)13(20-14(22)10(17)7-12(18)21)15(23)19-11(16(24)25)6-8(2)3/h8-11,13H,5-7,17H2,1-4H3,(H2,18,21)(H,19,23)(H,20,22)(H,24,25). The second kappa shape index (κ2) is 10.7. The first-order chi connectivity index (χ1) is 11.5. The van der Waals surface area contributed by atoms with Crippen molar-refractivity contribution in [2.45, 2.75) is 65.1 Å². The maximum Gasteiger partial charge on any atom is 0.326 e. The lowest BCUT2D eigenvalue weighted by atomic mass is 9.96. The Hall–Kier alpha value is -2.16. The predicted octanol–water partition coefficient (Wildman–Crippen LogP) is -0.664. The van der Waals surface area contributed by atoms with Crippen molar-refractivity contribution in [2.75, 3.05) is 0 Å². The van der Waals surface area contributed by atoms with E-state index in [1.807, 2.05) is 20.8 Å². The molecule has 0 saturated carbocycles. The van der Waals surface area contributed by atoms with Crippen molar-refractivity contribution in [3.05, 3.63) is 0 Å². The fourth-order valence-corrected chi connectivity index (χ4v) is 2.23. The molecule has 144 valence electrons. The monoisotopic (exact) mass is 358 g/mol. The zero-order valence-corrected chi connectivity index (χ0v) is 15.2. The average Bonchev–Trinajstić information content (AvgIpc) is 2.49. The third kappa shape index (κ3) is 8.48. The van der Waals surface area contributed by atoms with Gasteiger partial charge in [-0.2, -0.15) is 0 Å². The molecular formula is C16H30N4O5. The second-order valence-corrected chi connectivity index (χ2v) is 6.68. The summed E-state index contributed by atoms with van der Waals surface area (Å²) in [5, 5.41) is 14.2. The van der Waals surface area contributed by atoms with Gasteiger partial charge in [-0.1, -0.05) is 34.1 Å². The molecule has 0 aromatic rings. The van der Waals surface area contributed by atoms with E-state index in [1.165, 1.54) is 0 Å². The Morgan fingerprint density at radius 2 is 1.60 bits per heavy atom. The number of carboxylic acid groups (broad SMARTS) is 1. The summed E-state index contributed by atoms with van der Waals surface area (Å²) in [6, 6.07) is -3.16. The van der Waals surface area contributed by atoms with Crippen molar-refractivity contribution < 1.29 is 24.3 Å². The molecule has 0 aliphatic carbocycles. The lowest BCUT2D eigenvalue weighted by Gasteiger charge is -2.27. The molecule has 4 atom stereocenters. The molecule has 7 N–H and O–H groups in total. The van der Waals surface area contributed by atoms with Gasteiger partial charge >= 0.3 is 5.97 Å². The summed E-state index contributed by atoms with van der Waals surface area (Å²) >= 11 is 0.